The Morgan fingerprint density at radius 3 is 2.38 bits per heavy atom. The highest BCUT2D eigenvalue weighted by atomic mass is 16.5. The van der Waals surface area contributed by atoms with Gasteiger partial charge in [0.05, 0.1) is 12.7 Å². The average molecular weight is 282 g/mol. The number of benzene rings is 2. The van der Waals surface area contributed by atoms with Crippen LogP contribution in [0.1, 0.15) is 22.8 Å². The van der Waals surface area contributed by atoms with Gasteiger partial charge in [0, 0.05) is 24.5 Å². The monoisotopic (exact) mass is 282 g/mol. The van der Waals surface area contributed by atoms with Gasteiger partial charge in [-0.2, -0.15) is 0 Å². The number of hydrogen-bond donors (Lipinski definition) is 2. The predicted molar refractivity (Wildman–Crippen MR) is 87.2 cm³/mol. The summed E-state index contributed by atoms with van der Waals surface area (Å²) in [5.74, 6) is 0. The van der Waals surface area contributed by atoms with Crippen molar-refractivity contribution in [2.45, 2.75) is 20.0 Å². The van der Waals surface area contributed by atoms with Crippen molar-refractivity contribution in [3.05, 3.63) is 59.2 Å². The van der Waals surface area contributed by atoms with Crippen LogP contribution >= 0.6 is 0 Å². The van der Waals surface area contributed by atoms with Gasteiger partial charge in [-0.15, -0.1) is 0 Å². The summed E-state index contributed by atoms with van der Waals surface area (Å²) in [7, 11) is 0. The second-order valence-corrected chi connectivity index (χ2v) is 5.58. The van der Waals surface area contributed by atoms with Crippen LogP contribution in [0.25, 0.3) is 0 Å². The van der Waals surface area contributed by atoms with Gasteiger partial charge >= 0.3 is 0 Å². The fourth-order valence-electron chi connectivity index (χ4n) is 2.72. The molecule has 0 radical (unpaired) electrons. The SMILES string of the molecule is Cc1cccc(C)c1Nc1ccc(C2CNCCO2)cc1. The average Bonchev–Trinajstić information content (AvgIpc) is 2.53. The molecule has 0 aliphatic carbocycles. The van der Waals surface area contributed by atoms with Crippen molar-refractivity contribution >= 4 is 11.4 Å². The minimum Gasteiger partial charge on any atom is -0.371 e. The number of aryl methyl sites for hydroxylation is 2. The summed E-state index contributed by atoms with van der Waals surface area (Å²) in [6, 6.07) is 14.9. The van der Waals surface area contributed by atoms with Crippen LogP contribution < -0.4 is 10.6 Å². The van der Waals surface area contributed by atoms with Gasteiger partial charge < -0.3 is 15.4 Å². The Morgan fingerprint density at radius 1 is 1.05 bits per heavy atom. The first kappa shape index (κ1) is 14.1. The molecule has 0 spiro atoms. The maximum atomic E-state index is 5.78. The predicted octanol–water partition coefficient (Wildman–Crippen LogP) is 3.71. The second-order valence-electron chi connectivity index (χ2n) is 5.58. The van der Waals surface area contributed by atoms with E-state index in [0.29, 0.717) is 0 Å². The summed E-state index contributed by atoms with van der Waals surface area (Å²) < 4.78 is 5.78. The van der Waals surface area contributed by atoms with Crippen molar-refractivity contribution in [3.8, 4) is 0 Å². The fourth-order valence-corrected chi connectivity index (χ4v) is 2.72. The molecule has 1 aliphatic heterocycles. The fraction of sp³-hybridized carbons (Fsp3) is 0.333. The number of rotatable bonds is 3. The molecule has 2 aromatic rings. The van der Waals surface area contributed by atoms with E-state index in [4.69, 9.17) is 4.74 Å². The van der Waals surface area contributed by atoms with E-state index in [0.717, 1.165) is 25.4 Å². The van der Waals surface area contributed by atoms with Gasteiger partial charge in [-0.25, -0.2) is 0 Å². The Morgan fingerprint density at radius 2 is 1.76 bits per heavy atom. The molecular weight excluding hydrogens is 260 g/mol. The molecule has 1 atom stereocenters. The highest BCUT2D eigenvalue weighted by Crippen LogP contribution is 2.26. The molecule has 3 rings (SSSR count). The molecule has 3 nitrogen and oxygen atoms in total. The molecule has 2 N–H and O–H groups in total. The van der Waals surface area contributed by atoms with E-state index >= 15 is 0 Å². The molecule has 1 unspecified atom stereocenters. The normalized spacial score (nSPS) is 18.5. The first-order valence-electron chi connectivity index (χ1n) is 7.49. The van der Waals surface area contributed by atoms with Crippen LogP contribution in [0.2, 0.25) is 0 Å². The van der Waals surface area contributed by atoms with Gasteiger partial charge in [0.25, 0.3) is 0 Å². The summed E-state index contributed by atoms with van der Waals surface area (Å²) in [6.07, 6.45) is 0.174. The summed E-state index contributed by atoms with van der Waals surface area (Å²) >= 11 is 0. The highest BCUT2D eigenvalue weighted by Gasteiger charge is 2.15. The zero-order valence-corrected chi connectivity index (χ0v) is 12.6. The van der Waals surface area contributed by atoms with Gasteiger partial charge in [0.2, 0.25) is 0 Å². The Balaban J connectivity index is 1.75. The molecule has 0 saturated carbocycles. The molecule has 0 amide bonds. The zero-order chi connectivity index (χ0) is 14.7. The van der Waals surface area contributed by atoms with Crippen molar-refractivity contribution < 1.29 is 4.74 Å². The van der Waals surface area contributed by atoms with Crippen molar-refractivity contribution in [2.75, 3.05) is 25.0 Å². The smallest absolute Gasteiger partial charge is 0.0949 e. The molecule has 1 heterocycles. The first-order valence-corrected chi connectivity index (χ1v) is 7.49. The Labute approximate surface area is 126 Å². The summed E-state index contributed by atoms with van der Waals surface area (Å²) in [4.78, 5) is 0. The standard InChI is InChI=1S/C18H22N2O/c1-13-4-3-5-14(2)18(13)20-16-8-6-15(7-9-16)17-12-19-10-11-21-17/h3-9,17,19-20H,10-12H2,1-2H3. The maximum Gasteiger partial charge on any atom is 0.0949 e. The molecule has 1 aliphatic rings. The number of anilines is 2. The number of hydrogen-bond acceptors (Lipinski definition) is 3. The van der Waals surface area contributed by atoms with E-state index in [1.165, 1.54) is 22.4 Å². The minimum absolute atomic E-state index is 0.174. The van der Waals surface area contributed by atoms with Crippen LogP contribution in [0.15, 0.2) is 42.5 Å². The molecule has 2 aromatic carbocycles. The van der Waals surface area contributed by atoms with Crippen LogP contribution in [0.3, 0.4) is 0 Å². The number of para-hydroxylation sites is 1. The first-order chi connectivity index (χ1) is 10.2. The lowest BCUT2D eigenvalue weighted by Gasteiger charge is -2.24. The van der Waals surface area contributed by atoms with E-state index in [2.05, 4.69) is 66.9 Å². The van der Waals surface area contributed by atoms with Crippen LogP contribution in [-0.4, -0.2) is 19.7 Å². The molecular formula is C18H22N2O. The van der Waals surface area contributed by atoms with Crippen LogP contribution in [0.5, 0.6) is 0 Å². The van der Waals surface area contributed by atoms with Crippen molar-refractivity contribution in [1.29, 1.82) is 0 Å². The quantitative estimate of drug-likeness (QED) is 0.900. The van der Waals surface area contributed by atoms with Crippen LogP contribution in [0, 0.1) is 13.8 Å². The summed E-state index contributed by atoms with van der Waals surface area (Å²) in [5, 5.41) is 6.88. The largest absolute Gasteiger partial charge is 0.371 e. The van der Waals surface area contributed by atoms with Gasteiger partial charge in [-0.1, -0.05) is 30.3 Å². The third-order valence-electron chi connectivity index (χ3n) is 3.96. The third-order valence-corrected chi connectivity index (χ3v) is 3.96. The summed E-state index contributed by atoms with van der Waals surface area (Å²) in [6.45, 7) is 6.88. The number of morpholine rings is 1. The number of ether oxygens (including phenoxy) is 1. The Kier molecular flexibility index (Phi) is 4.23. The molecule has 3 heteroatoms. The van der Waals surface area contributed by atoms with Crippen molar-refractivity contribution in [2.24, 2.45) is 0 Å². The maximum absolute atomic E-state index is 5.78. The van der Waals surface area contributed by atoms with E-state index in [9.17, 15) is 0 Å². The van der Waals surface area contributed by atoms with Crippen molar-refractivity contribution in [1.82, 2.24) is 5.32 Å². The molecule has 110 valence electrons. The third kappa shape index (κ3) is 3.26. The van der Waals surface area contributed by atoms with Crippen LogP contribution in [-0.2, 0) is 4.74 Å². The molecule has 0 aromatic heterocycles. The van der Waals surface area contributed by atoms with Gasteiger partial charge in [0.1, 0.15) is 0 Å². The van der Waals surface area contributed by atoms with Gasteiger partial charge in [-0.05, 0) is 42.7 Å². The van der Waals surface area contributed by atoms with Crippen molar-refractivity contribution in [3.63, 3.8) is 0 Å². The Hall–Kier alpha value is -1.84. The Bertz CT molecular complexity index is 581. The van der Waals surface area contributed by atoms with E-state index in [1.807, 2.05) is 0 Å². The zero-order valence-electron chi connectivity index (χ0n) is 12.6. The lowest BCUT2D eigenvalue weighted by atomic mass is 10.1. The van der Waals surface area contributed by atoms with E-state index in [1.54, 1.807) is 0 Å². The van der Waals surface area contributed by atoms with E-state index < -0.39 is 0 Å². The van der Waals surface area contributed by atoms with Crippen LogP contribution in [0.4, 0.5) is 11.4 Å². The lowest BCUT2D eigenvalue weighted by molar-refractivity contribution is 0.0277. The molecule has 21 heavy (non-hydrogen) atoms. The number of nitrogens with one attached hydrogen (secondary N) is 2. The highest BCUT2D eigenvalue weighted by molar-refractivity contribution is 5.66. The minimum atomic E-state index is 0.174. The topological polar surface area (TPSA) is 33.3 Å². The lowest BCUT2D eigenvalue weighted by Crippen LogP contribution is -2.33. The molecule has 1 saturated heterocycles. The molecule has 1 fully saturated rings. The van der Waals surface area contributed by atoms with E-state index in [-0.39, 0.29) is 6.10 Å². The van der Waals surface area contributed by atoms with Gasteiger partial charge in [0.15, 0.2) is 0 Å². The second kappa shape index (κ2) is 6.29. The van der Waals surface area contributed by atoms with Gasteiger partial charge in [-0.3, -0.25) is 0 Å². The molecule has 0 bridgehead atoms. The summed E-state index contributed by atoms with van der Waals surface area (Å²) in [5.41, 5.74) is 6.06.